The van der Waals surface area contributed by atoms with Gasteiger partial charge in [-0.3, -0.25) is 9.69 Å². The number of cyclic esters (lactones) is 1. The standard InChI is InChI=1S/C18H17FN2O3/c1-12(22)20-10-15-11-21(18(23)24-15)14-7-8-16(17(19)9-14)13-5-3-2-4-6-13/h2-9,15H,10-11H2,1H3,(H,20,22)/t15-/m0/s1. The van der Waals surface area contributed by atoms with Crippen LogP contribution in [-0.4, -0.2) is 31.2 Å². The lowest BCUT2D eigenvalue weighted by atomic mass is 10.0. The second-order valence-corrected chi connectivity index (χ2v) is 5.58. The summed E-state index contributed by atoms with van der Waals surface area (Å²) >= 11 is 0. The molecule has 24 heavy (non-hydrogen) atoms. The molecule has 1 heterocycles. The summed E-state index contributed by atoms with van der Waals surface area (Å²) < 4.78 is 19.6. The van der Waals surface area contributed by atoms with E-state index in [1.54, 1.807) is 12.1 Å². The number of hydrogen-bond acceptors (Lipinski definition) is 3. The fraction of sp³-hybridized carbons (Fsp3) is 0.222. The maximum Gasteiger partial charge on any atom is 0.414 e. The normalized spacial score (nSPS) is 16.8. The molecular formula is C18H17FN2O3. The molecule has 1 aliphatic heterocycles. The molecule has 1 fully saturated rings. The van der Waals surface area contributed by atoms with Crippen LogP contribution in [0.5, 0.6) is 0 Å². The van der Waals surface area contributed by atoms with Crippen molar-refractivity contribution in [3.63, 3.8) is 0 Å². The highest BCUT2D eigenvalue weighted by Gasteiger charge is 2.32. The fourth-order valence-corrected chi connectivity index (χ4v) is 2.62. The van der Waals surface area contributed by atoms with Gasteiger partial charge in [-0.05, 0) is 23.8 Å². The molecule has 0 bridgehead atoms. The van der Waals surface area contributed by atoms with Gasteiger partial charge in [0.05, 0.1) is 18.8 Å². The van der Waals surface area contributed by atoms with Crippen molar-refractivity contribution in [2.75, 3.05) is 18.0 Å². The number of ether oxygens (including phenoxy) is 1. The van der Waals surface area contributed by atoms with Crippen molar-refractivity contribution in [3.8, 4) is 11.1 Å². The molecule has 0 radical (unpaired) electrons. The first-order valence-corrected chi connectivity index (χ1v) is 7.62. The van der Waals surface area contributed by atoms with E-state index in [0.29, 0.717) is 11.3 Å². The van der Waals surface area contributed by atoms with Gasteiger partial charge < -0.3 is 10.1 Å². The predicted octanol–water partition coefficient (Wildman–Crippen LogP) is 2.95. The largest absolute Gasteiger partial charge is 0.442 e. The SMILES string of the molecule is CC(=O)NC[C@H]1CN(c2ccc(-c3ccccc3)c(F)c2)C(=O)O1. The van der Waals surface area contributed by atoms with Gasteiger partial charge in [-0.25, -0.2) is 9.18 Å². The third kappa shape index (κ3) is 3.37. The topological polar surface area (TPSA) is 58.6 Å². The van der Waals surface area contributed by atoms with Crippen LogP contribution in [0.1, 0.15) is 6.92 Å². The molecular weight excluding hydrogens is 311 g/mol. The van der Waals surface area contributed by atoms with Crippen LogP contribution in [0.25, 0.3) is 11.1 Å². The molecule has 1 aliphatic rings. The number of amides is 2. The van der Waals surface area contributed by atoms with E-state index in [1.165, 1.54) is 17.9 Å². The van der Waals surface area contributed by atoms with E-state index >= 15 is 0 Å². The lowest BCUT2D eigenvalue weighted by Crippen LogP contribution is -2.33. The Morgan fingerprint density at radius 1 is 1.29 bits per heavy atom. The first kappa shape index (κ1) is 16.0. The van der Waals surface area contributed by atoms with Crippen LogP contribution in [0.2, 0.25) is 0 Å². The molecule has 6 heteroatoms. The summed E-state index contributed by atoms with van der Waals surface area (Å²) in [5.74, 6) is -0.598. The van der Waals surface area contributed by atoms with Crippen molar-refractivity contribution >= 4 is 17.7 Å². The predicted molar refractivity (Wildman–Crippen MR) is 88.1 cm³/mol. The lowest BCUT2D eigenvalue weighted by molar-refractivity contribution is -0.119. The zero-order valence-corrected chi connectivity index (χ0v) is 13.2. The highest BCUT2D eigenvalue weighted by molar-refractivity contribution is 5.90. The van der Waals surface area contributed by atoms with Crippen molar-refractivity contribution in [2.45, 2.75) is 13.0 Å². The Balaban J connectivity index is 1.77. The number of carbonyl (C=O) groups excluding carboxylic acids is 2. The van der Waals surface area contributed by atoms with Gasteiger partial charge in [0.2, 0.25) is 5.91 Å². The van der Waals surface area contributed by atoms with Crippen molar-refractivity contribution < 1.29 is 18.7 Å². The Hall–Kier alpha value is -2.89. The van der Waals surface area contributed by atoms with Crippen molar-refractivity contribution in [2.24, 2.45) is 0 Å². The zero-order chi connectivity index (χ0) is 17.1. The molecule has 2 aromatic rings. The van der Waals surface area contributed by atoms with E-state index in [-0.39, 0.29) is 19.0 Å². The third-order valence-corrected chi connectivity index (χ3v) is 3.80. The second-order valence-electron chi connectivity index (χ2n) is 5.58. The molecule has 0 aromatic heterocycles. The monoisotopic (exact) mass is 328 g/mol. The van der Waals surface area contributed by atoms with Gasteiger partial charge in [-0.2, -0.15) is 0 Å². The van der Waals surface area contributed by atoms with Gasteiger partial charge in [-0.1, -0.05) is 30.3 Å². The quantitative estimate of drug-likeness (QED) is 0.939. The number of nitrogens with zero attached hydrogens (tertiary/aromatic N) is 1. The van der Waals surface area contributed by atoms with Crippen LogP contribution in [-0.2, 0) is 9.53 Å². The van der Waals surface area contributed by atoms with Crippen molar-refractivity contribution in [3.05, 3.63) is 54.3 Å². The fourth-order valence-electron chi connectivity index (χ4n) is 2.62. The molecule has 2 amide bonds. The molecule has 0 aliphatic carbocycles. The Morgan fingerprint density at radius 3 is 2.71 bits per heavy atom. The van der Waals surface area contributed by atoms with Gasteiger partial charge in [-0.15, -0.1) is 0 Å². The third-order valence-electron chi connectivity index (χ3n) is 3.80. The molecule has 1 N–H and O–H groups in total. The van der Waals surface area contributed by atoms with Gasteiger partial charge in [0.25, 0.3) is 0 Å². The first-order valence-electron chi connectivity index (χ1n) is 7.62. The molecule has 1 atom stereocenters. The molecule has 3 rings (SSSR count). The van der Waals surface area contributed by atoms with Gasteiger partial charge >= 0.3 is 6.09 Å². The van der Waals surface area contributed by atoms with Crippen molar-refractivity contribution in [1.82, 2.24) is 5.32 Å². The number of rotatable bonds is 4. The summed E-state index contributed by atoms with van der Waals surface area (Å²) in [6.45, 7) is 1.90. The molecule has 5 nitrogen and oxygen atoms in total. The van der Waals surface area contributed by atoms with E-state index in [4.69, 9.17) is 4.74 Å². The van der Waals surface area contributed by atoms with Crippen LogP contribution in [0.15, 0.2) is 48.5 Å². The van der Waals surface area contributed by atoms with Gasteiger partial charge in [0, 0.05) is 12.5 Å². The lowest BCUT2D eigenvalue weighted by Gasteiger charge is -2.14. The zero-order valence-electron chi connectivity index (χ0n) is 13.2. The Labute approximate surface area is 139 Å². The molecule has 1 saturated heterocycles. The number of hydrogen-bond donors (Lipinski definition) is 1. The number of anilines is 1. The number of nitrogens with one attached hydrogen (secondary N) is 1. The number of carbonyl (C=O) groups is 2. The summed E-state index contributed by atoms with van der Waals surface area (Å²) in [6, 6.07) is 13.9. The molecule has 0 unspecified atom stereocenters. The van der Waals surface area contributed by atoms with E-state index < -0.39 is 18.0 Å². The molecule has 0 spiro atoms. The van der Waals surface area contributed by atoms with Gasteiger partial charge in [0.1, 0.15) is 11.9 Å². The first-order chi connectivity index (χ1) is 11.5. The van der Waals surface area contributed by atoms with E-state index in [2.05, 4.69) is 5.32 Å². The molecule has 124 valence electrons. The summed E-state index contributed by atoms with van der Waals surface area (Å²) in [4.78, 5) is 24.3. The van der Waals surface area contributed by atoms with Crippen LogP contribution >= 0.6 is 0 Å². The second kappa shape index (κ2) is 6.70. The number of benzene rings is 2. The van der Waals surface area contributed by atoms with Crippen LogP contribution < -0.4 is 10.2 Å². The highest BCUT2D eigenvalue weighted by atomic mass is 19.1. The molecule has 0 saturated carbocycles. The minimum Gasteiger partial charge on any atom is -0.442 e. The molecule has 2 aromatic carbocycles. The summed E-state index contributed by atoms with van der Waals surface area (Å²) in [5.41, 5.74) is 1.68. The smallest absolute Gasteiger partial charge is 0.414 e. The maximum absolute atomic E-state index is 14.4. The summed E-state index contributed by atoms with van der Waals surface area (Å²) in [6.07, 6.45) is -0.990. The maximum atomic E-state index is 14.4. The minimum absolute atomic E-state index is 0.192. The van der Waals surface area contributed by atoms with E-state index in [1.807, 2.05) is 30.3 Å². The van der Waals surface area contributed by atoms with Gasteiger partial charge in [0.15, 0.2) is 0 Å². The van der Waals surface area contributed by atoms with E-state index in [0.717, 1.165) is 5.56 Å². The highest BCUT2D eigenvalue weighted by Crippen LogP contribution is 2.28. The van der Waals surface area contributed by atoms with E-state index in [9.17, 15) is 14.0 Å². The average molecular weight is 328 g/mol. The minimum atomic E-state index is -0.544. The Kier molecular flexibility index (Phi) is 4.46. The van der Waals surface area contributed by atoms with Crippen LogP contribution in [0.4, 0.5) is 14.9 Å². The average Bonchev–Trinajstić information content (AvgIpc) is 2.94. The Bertz CT molecular complexity index is 764. The van der Waals surface area contributed by atoms with Crippen molar-refractivity contribution in [1.29, 1.82) is 0 Å². The van der Waals surface area contributed by atoms with Crippen LogP contribution in [0, 0.1) is 5.82 Å². The Morgan fingerprint density at radius 2 is 2.04 bits per heavy atom. The number of halogens is 1. The summed E-state index contributed by atoms with van der Waals surface area (Å²) in [7, 11) is 0. The van der Waals surface area contributed by atoms with Crippen LogP contribution in [0.3, 0.4) is 0 Å². The summed E-state index contributed by atoms with van der Waals surface area (Å²) in [5, 5.41) is 2.61.